The molecule has 1 amide bonds. The summed E-state index contributed by atoms with van der Waals surface area (Å²) in [6, 6.07) is 4.28. The van der Waals surface area contributed by atoms with Crippen LogP contribution in [0.4, 0.5) is 5.69 Å². The minimum absolute atomic E-state index is 0.0460. The van der Waals surface area contributed by atoms with Crippen LogP contribution in [-0.4, -0.2) is 35.4 Å². The number of nitro groups is 1. The van der Waals surface area contributed by atoms with E-state index in [0.717, 1.165) is 6.42 Å². The molecule has 0 atom stereocenters. The molecule has 1 aliphatic heterocycles. The summed E-state index contributed by atoms with van der Waals surface area (Å²) < 4.78 is 4.51. The first-order valence-electron chi connectivity index (χ1n) is 6.16. The summed E-state index contributed by atoms with van der Waals surface area (Å²) in [5.41, 5.74) is 0.231. The van der Waals surface area contributed by atoms with Crippen molar-refractivity contribution < 1.29 is 19.2 Å². The van der Waals surface area contributed by atoms with Crippen LogP contribution in [0.25, 0.3) is 0 Å². The molecule has 0 radical (unpaired) electrons. The topological polar surface area (TPSA) is 89.8 Å². The van der Waals surface area contributed by atoms with Crippen molar-refractivity contribution in [2.75, 3.05) is 13.7 Å². The molecular formula is C13H14N2O5. The van der Waals surface area contributed by atoms with Gasteiger partial charge in [0.2, 0.25) is 5.91 Å². The fourth-order valence-electron chi connectivity index (χ4n) is 2.20. The third-order valence-corrected chi connectivity index (χ3v) is 3.21. The van der Waals surface area contributed by atoms with E-state index < -0.39 is 10.9 Å². The predicted octanol–water partition coefficient (Wildman–Crippen LogP) is 1.50. The highest BCUT2D eigenvalue weighted by atomic mass is 16.6. The van der Waals surface area contributed by atoms with E-state index in [1.807, 2.05) is 0 Å². The minimum atomic E-state index is -0.750. The van der Waals surface area contributed by atoms with Gasteiger partial charge in [0.1, 0.15) is 5.56 Å². The lowest BCUT2D eigenvalue weighted by Crippen LogP contribution is -2.23. The monoisotopic (exact) mass is 278 g/mol. The van der Waals surface area contributed by atoms with Crippen LogP contribution in [0.5, 0.6) is 0 Å². The number of likely N-dealkylation sites (tertiary alicyclic amines) is 1. The lowest BCUT2D eigenvalue weighted by atomic mass is 10.1. The number of nitrogens with zero attached hydrogens (tertiary/aromatic N) is 2. The van der Waals surface area contributed by atoms with Gasteiger partial charge in [-0.1, -0.05) is 6.07 Å². The second-order valence-corrected chi connectivity index (χ2v) is 4.52. The highest BCUT2D eigenvalue weighted by Gasteiger charge is 2.24. The maximum absolute atomic E-state index is 11.5. The molecule has 0 N–H and O–H groups in total. The number of methoxy groups -OCH3 is 1. The largest absolute Gasteiger partial charge is 0.465 e. The lowest BCUT2D eigenvalue weighted by Gasteiger charge is -2.15. The number of hydrogen-bond donors (Lipinski definition) is 0. The highest BCUT2D eigenvalue weighted by molar-refractivity contribution is 5.93. The smallest absolute Gasteiger partial charge is 0.344 e. The van der Waals surface area contributed by atoms with Crippen LogP contribution < -0.4 is 0 Å². The molecule has 2 rings (SSSR count). The molecule has 106 valence electrons. The Hall–Kier alpha value is -2.44. The van der Waals surface area contributed by atoms with Gasteiger partial charge in [-0.05, 0) is 18.1 Å². The van der Waals surface area contributed by atoms with Crippen LogP contribution in [0.2, 0.25) is 0 Å². The Labute approximate surface area is 115 Å². The maximum Gasteiger partial charge on any atom is 0.344 e. The third kappa shape index (κ3) is 2.76. The highest BCUT2D eigenvalue weighted by Crippen LogP contribution is 2.23. The van der Waals surface area contributed by atoms with Crippen molar-refractivity contribution in [3.8, 4) is 0 Å². The van der Waals surface area contributed by atoms with E-state index in [2.05, 4.69) is 4.74 Å². The Kier molecular flexibility index (Phi) is 3.97. The second-order valence-electron chi connectivity index (χ2n) is 4.52. The first-order chi connectivity index (χ1) is 9.52. The Bertz CT molecular complexity index is 570. The molecule has 1 aromatic carbocycles. The summed E-state index contributed by atoms with van der Waals surface area (Å²) in [6.45, 7) is 0.979. The summed E-state index contributed by atoms with van der Waals surface area (Å²) in [6.07, 6.45) is 1.32. The van der Waals surface area contributed by atoms with Crippen molar-refractivity contribution in [3.05, 3.63) is 39.4 Å². The summed E-state index contributed by atoms with van der Waals surface area (Å²) in [5.74, 6) is -0.704. The van der Waals surface area contributed by atoms with Crippen molar-refractivity contribution in [2.24, 2.45) is 0 Å². The van der Waals surface area contributed by atoms with E-state index in [0.29, 0.717) is 25.1 Å². The van der Waals surface area contributed by atoms with Gasteiger partial charge in [0.25, 0.3) is 5.69 Å². The molecule has 1 aromatic rings. The molecule has 0 saturated carbocycles. The van der Waals surface area contributed by atoms with Crippen LogP contribution in [0.1, 0.15) is 28.8 Å². The van der Waals surface area contributed by atoms with Crippen molar-refractivity contribution >= 4 is 17.6 Å². The lowest BCUT2D eigenvalue weighted by molar-refractivity contribution is -0.385. The zero-order valence-electron chi connectivity index (χ0n) is 11.0. The molecule has 20 heavy (non-hydrogen) atoms. The van der Waals surface area contributed by atoms with Crippen molar-refractivity contribution in [1.82, 2.24) is 4.90 Å². The van der Waals surface area contributed by atoms with E-state index in [1.165, 1.54) is 19.2 Å². The number of nitro benzene ring substituents is 1. The molecule has 0 unspecified atom stereocenters. The zero-order valence-corrected chi connectivity index (χ0v) is 11.0. The molecule has 1 fully saturated rings. The molecule has 0 aliphatic carbocycles. The quantitative estimate of drug-likeness (QED) is 0.473. The molecule has 0 spiro atoms. The first-order valence-corrected chi connectivity index (χ1v) is 6.16. The normalized spacial score (nSPS) is 14.4. The predicted molar refractivity (Wildman–Crippen MR) is 69.1 cm³/mol. The van der Waals surface area contributed by atoms with Gasteiger partial charge in [0.15, 0.2) is 0 Å². The summed E-state index contributed by atoms with van der Waals surface area (Å²) in [7, 11) is 1.17. The van der Waals surface area contributed by atoms with Gasteiger partial charge in [-0.2, -0.15) is 0 Å². The van der Waals surface area contributed by atoms with Crippen LogP contribution in [0, 0.1) is 10.1 Å². The zero-order chi connectivity index (χ0) is 14.7. The standard InChI is InChI=1S/C13H14N2O5/c1-20-13(17)10-5-4-9(7-11(10)15(18)19)8-14-6-2-3-12(14)16/h4-5,7H,2-3,6,8H2,1H3. The summed E-state index contributed by atoms with van der Waals surface area (Å²) >= 11 is 0. The van der Waals surface area contributed by atoms with E-state index in [-0.39, 0.29) is 17.2 Å². The number of amides is 1. The fourth-order valence-corrected chi connectivity index (χ4v) is 2.20. The molecule has 7 nitrogen and oxygen atoms in total. The van der Waals surface area contributed by atoms with Gasteiger partial charge in [-0.3, -0.25) is 14.9 Å². The summed E-state index contributed by atoms with van der Waals surface area (Å²) in [4.78, 5) is 35.0. The third-order valence-electron chi connectivity index (χ3n) is 3.21. The van der Waals surface area contributed by atoms with Crippen molar-refractivity contribution in [2.45, 2.75) is 19.4 Å². The number of benzene rings is 1. The van der Waals surface area contributed by atoms with Crippen molar-refractivity contribution in [1.29, 1.82) is 0 Å². The number of rotatable bonds is 4. The Morgan fingerprint density at radius 2 is 2.25 bits per heavy atom. The van der Waals surface area contributed by atoms with Gasteiger partial charge in [-0.25, -0.2) is 4.79 Å². The fraction of sp³-hybridized carbons (Fsp3) is 0.385. The number of ether oxygens (including phenoxy) is 1. The molecule has 0 bridgehead atoms. The average Bonchev–Trinajstić information content (AvgIpc) is 2.83. The molecule has 1 saturated heterocycles. The number of esters is 1. The van der Waals surface area contributed by atoms with Crippen LogP contribution >= 0.6 is 0 Å². The van der Waals surface area contributed by atoms with Gasteiger partial charge < -0.3 is 9.64 Å². The molecule has 1 aliphatic rings. The average molecular weight is 278 g/mol. The Morgan fingerprint density at radius 3 is 2.80 bits per heavy atom. The molecule has 1 heterocycles. The molecular weight excluding hydrogens is 264 g/mol. The first kappa shape index (κ1) is 14.0. The van der Waals surface area contributed by atoms with Gasteiger partial charge in [-0.15, -0.1) is 0 Å². The number of carbonyl (C=O) groups excluding carboxylic acids is 2. The van der Waals surface area contributed by atoms with E-state index in [1.54, 1.807) is 11.0 Å². The van der Waals surface area contributed by atoms with Gasteiger partial charge in [0, 0.05) is 25.6 Å². The minimum Gasteiger partial charge on any atom is -0.465 e. The van der Waals surface area contributed by atoms with Crippen molar-refractivity contribution in [3.63, 3.8) is 0 Å². The Balaban J connectivity index is 2.28. The number of carbonyl (C=O) groups is 2. The molecule has 7 heteroatoms. The SMILES string of the molecule is COC(=O)c1ccc(CN2CCCC2=O)cc1[N+](=O)[O-]. The Morgan fingerprint density at radius 1 is 1.50 bits per heavy atom. The maximum atomic E-state index is 11.5. The molecule has 0 aromatic heterocycles. The van der Waals surface area contributed by atoms with E-state index in [4.69, 9.17) is 0 Å². The van der Waals surface area contributed by atoms with Gasteiger partial charge in [0.05, 0.1) is 12.0 Å². The van der Waals surface area contributed by atoms with Gasteiger partial charge >= 0.3 is 5.97 Å². The van der Waals surface area contributed by atoms with E-state index >= 15 is 0 Å². The van der Waals surface area contributed by atoms with E-state index in [9.17, 15) is 19.7 Å². The van der Waals surface area contributed by atoms with Crippen LogP contribution in [-0.2, 0) is 16.1 Å². The number of hydrogen-bond acceptors (Lipinski definition) is 5. The van der Waals surface area contributed by atoms with Crippen LogP contribution in [0.3, 0.4) is 0 Å². The van der Waals surface area contributed by atoms with Crippen LogP contribution in [0.15, 0.2) is 18.2 Å². The summed E-state index contributed by atoms with van der Waals surface area (Å²) in [5, 5.41) is 11.0. The second kappa shape index (κ2) is 5.68.